The molecule has 1 heterocycles. The normalized spacial score (nSPS) is 15.0. The summed E-state index contributed by atoms with van der Waals surface area (Å²) in [5.41, 5.74) is 2.17. The topological polar surface area (TPSA) is 70.2 Å². The predicted octanol–water partition coefficient (Wildman–Crippen LogP) is 2.67. The number of amides is 1. The highest BCUT2D eigenvalue weighted by atomic mass is 32.2. The highest BCUT2D eigenvalue weighted by Crippen LogP contribution is 2.31. The highest BCUT2D eigenvalue weighted by Gasteiger charge is 2.32. The summed E-state index contributed by atoms with van der Waals surface area (Å²) >= 11 is 0. The molecule has 0 radical (unpaired) electrons. The maximum Gasteiger partial charge on any atom is 0.268 e. The van der Waals surface area contributed by atoms with Crippen molar-refractivity contribution in [2.75, 3.05) is 50.7 Å². The Balaban J connectivity index is 1.98. The van der Waals surface area contributed by atoms with E-state index in [0.717, 1.165) is 30.8 Å². The summed E-state index contributed by atoms with van der Waals surface area (Å²) in [7, 11) is -2.59. The third kappa shape index (κ3) is 5.19. The summed E-state index contributed by atoms with van der Waals surface area (Å²) in [5, 5.41) is 0. The Morgan fingerprint density at radius 3 is 2.32 bits per heavy atom. The van der Waals surface area contributed by atoms with Gasteiger partial charge in [0.05, 0.1) is 12.8 Å². The molecular formula is C23H31N3O4S. The molecule has 0 bridgehead atoms. The van der Waals surface area contributed by atoms with Crippen molar-refractivity contribution in [3.63, 3.8) is 0 Å². The number of methoxy groups -OCH3 is 1. The third-order valence-corrected chi connectivity index (χ3v) is 7.42. The molecule has 0 unspecified atom stereocenters. The lowest BCUT2D eigenvalue weighted by Gasteiger charge is -2.35. The fourth-order valence-corrected chi connectivity index (χ4v) is 5.39. The van der Waals surface area contributed by atoms with E-state index < -0.39 is 10.0 Å². The molecule has 2 aromatic carbocycles. The fraction of sp³-hybridized carbons (Fsp3) is 0.435. The second kappa shape index (κ2) is 9.70. The molecule has 7 nitrogen and oxygen atoms in total. The van der Waals surface area contributed by atoms with Gasteiger partial charge in [-0.2, -0.15) is 0 Å². The molecule has 0 saturated carbocycles. The molecule has 0 spiro atoms. The van der Waals surface area contributed by atoms with Crippen LogP contribution in [0.1, 0.15) is 18.1 Å². The summed E-state index contributed by atoms with van der Waals surface area (Å²) in [4.78, 5) is 17.2. The van der Waals surface area contributed by atoms with Gasteiger partial charge >= 0.3 is 0 Å². The van der Waals surface area contributed by atoms with Crippen molar-refractivity contribution < 1.29 is 17.9 Å². The minimum atomic E-state index is -4.03. The molecule has 31 heavy (non-hydrogen) atoms. The number of aryl methyl sites for hydroxylation is 2. The van der Waals surface area contributed by atoms with E-state index in [4.69, 9.17) is 4.74 Å². The second-order valence-corrected chi connectivity index (χ2v) is 9.65. The SMILES string of the molecule is CCN1CCN(C(=O)CN(c2cccc(C)c2)S(=O)(=O)c2cc(C)ccc2OC)CC1. The van der Waals surface area contributed by atoms with Crippen LogP contribution in [0.15, 0.2) is 47.4 Å². The van der Waals surface area contributed by atoms with Crippen molar-refractivity contribution in [1.29, 1.82) is 0 Å². The molecule has 8 heteroatoms. The molecule has 0 N–H and O–H groups in total. The summed E-state index contributed by atoms with van der Waals surface area (Å²) < 4.78 is 34.1. The molecule has 0 atom stereocenters. The summed E-state index contributed by atoms with van der Waals surface area (Å²) in [6, 6.07) is 12.2. The number of carbonyl (C=O) groups excluding carboxylic acids is 1. The molecule has 0 aromatic heterocycles. The van der Waals surface area contributed by atoms with E-state index in [0.29, 0.717) is 18.8 Å². The molecule has 1 saturated heterocycles. The first-order chi connectivity index (χ1) is 14.8. The molecule has 3 rings (SSSR count). The molecule has 1 aliphatic rings. The van der Waals surface area contributed by atoms with Crippen LogP contribution in [0.3, 0.4) is 0 Å². The maximum atomic E-state index is 13.8. The average Bonchev–Trinajstić information content (AvgIpc) is 2.77. The molecule has 1 amide bonds. The van der Waals surface area contributed by atoms with Gasteiger partial charge in [-0.15, -0.1) is 0 Å². The highest BCUT2D eigenvalue weighted by molar-refractivity contribution is 7.93. The Bertz CT molecular complexity index is 1030. The van der Waals surface area contributed by atoms with Crippen molar-refractivity contribution in [3.8, 4) is 5.75 Å². The molecular weight excluding hydrogens is 414 g/mol. The lowest BCUT2D eigenvalue weighted by molar-refractivity contribution is -0.131. The zero-order valence-corrected chi connectivity index (χ0v) is 19.5. The Kier molecular flexibility index (Phi) is 7.23. The zero-order valence-electron chi connectivity index (χ0n) is 18.7. The van der Waals surface area contributed by atoms with Gasteiger partial charge in [0.15, 0.2) is 0 Å². The van der Waals surface area contributed by atoms with Gasteiger partial charge in [0, 0.05) is 26.2 Å². The molecule has 1 aliphatic heterocycles. The first kappa shape index (κ1) is 23.1. The van der Waals surface area contributed by atoms with Crippen molar-refractivity contribution in [1.82, 2.24) is 9.80 Å². The number of sulfonamides is 1. The van der Waals surface area contributed by atoms with Crippen LogP contribution in [0.25, 0.3) is 0 Å². The zero-order chi connectivity index (χ0) is 22.6. The number of hydrogen-bond donors (Lipinski definition) is 0. The van der Waals surface area contributed by atoms with E-state index in [-0.39, 0.29) is 23.1 Å². The van der Waals surface area contributed by atoms with Crippen LogP contribution in [0.4, 0.5) is 5.69 Å². The Labute approximate surface area is 185 Å². The Morgan fingerprint density at radius 1 is 1.03 bits per heavy atom. The fourth-order valence-electron chi connectivity index (χ4n) is 3.74. The Morgan fingerprint density at radius 2 is 1.71 bits per heavy atom. The number of hydrogen-bond acceptors (Lipinski definition) is 5. The first-order valence-electron chi connectivity index (χ1n) is 10.5. The monoisotopic (exact) mass is 445 g/mol. The van der Waals surface area contributed by atoms with Crippen LogP contribution < -0.4 is 9.04 Å². The van der Waals surface area contributed by atoms with Gasteiger partial charge in [0.25, 0.3) is 10.0 Å². The van der Waals surface area contributed by atoms with E-state index in [2.05, 4.69) is 11.8 Å². The van der Waals surface area contributed by atoms with E-state index in [1.807, 2.05) is 19.9 Å². The van der Waals surface area contributed by atoms with Crippen molar-refractivity contribution in [2.24, 2.45) is 0 Å². The maximum absolute atomic E-state index is 13.8. The predicted molar refractivity (Wildman–Crippen MR) is 122 cm³/mol. The van der Waals surface area contributed by atoms with E-state index in [1.165, 1.54) is 11.4 Å². The van der Waals surface area contributed by atoms with Crippen LogP contribution in [0.5, 0.6) is 5.75 Å². The molecule has 0 aliphatic carbocycles. The van der Waals surface area contributed by atoms with Gasteiger partial charge < -0.3 is 14.5 Å². The van der Waals surface area contributed by atoms with Gasteiger partial charge in [0.2, 0.25) is 5.91 Å². The summed E-state index contributed by atoms with van der Waals surface area (Å²) in [6.07, 6.45) is 0. The number of anilines is 1. The number of benzene rings is 2. The number of rotatable bonds is 7. The van der Waals surface area contributed by atoms with Crippen molar-refractivity contribution in [3.05, 3.63) is 53.6 Å². The number of ether oxygens (including phenoxy) is 1. The average molecular weight is 446 g/mol. The van der Waals surface area contributed by atoms with E-state index in [9.17, 15) is 13.2 Å². The largest absolute Gasteiger partial charge is 0.495 e. The Hall–Kier alpha value is -2.58. The van der Waals surface area contributed by atoms with Crippen molar-refractivity contribution in [2.45, 2.75) is 25.7 Å². The van der Waals surface area contributed by atoms with Gasteiger partial charge in [0.1, 0.15) is 17.2 Å². The van der Waals surface area contributed by atoms with Crippen LogP contribution >= 0.6 is 0 Å². The van der Waals surface area contributed by atoms with Crippen molar-refractivity contribution >= 4 is 21.6 Å². The van der Waals surface area contributed by atoms with Crippen LogP contribution in [0.2, 0.25) is 0 Å². The quantitative estimate of drug-likeness (QED) is 0.655. The van der Waals surface area contributed by atoms with Crippen LogP contribution in [-0.2, 0) is 14.8 Å². The van der Waals surface area contributed by atoms with Gasteiger partial charge in [-0.25, -0.2) is 8.42 Å². The number of nitrogens with zero attached hydrogens (tertiary/aromatic N) is 3. The van der Waals surface area contributed by atoms with Gasteiger partial charge in [-0.3, -0.25) is 9.10 Å². The third-order valence-electron chi connectivity index (χ3n) is 5.63. The van der Waals surface area contributed by atoms with Gasteiger partial charge in [-0.1, -0.05) is 25.1 Å². The van der Waals surface area contributed by atoms with E-state index >= 15 is 0 Å². The molecule has 2 aromatic rings. The van der Waals surface area contributed by atoms with E-state index in [1.54, 1.807) is 41.3 Å². The smallest absolute Gasteiger partial charge is 0.268 e. The summed E-state index contributed by atoms with van der Waals surface area (Å²) in [6.45, 7) is 9.30. The second-order valence-electron chi connectivity index (χ2n) is 7.82. The lowest BCUT2D eigenvalue weighted by atomic mass is 10.2. The standard InChI is InChI=1S/C23H31N3O4S/c1-5-24-11-13-25(14-12-24)23(27)17-26(20-8-6-7-18(2)15-20)31(28,29)22-16-19(3)9-10-21(22)30-4/h6-10,15-16H,5,11-14,17H2,1-4H3. The molecule has 168 valence electrons. The van der Waals surface area contributed by atoms with Gasteiger partial charge in [-0.05, 0) is 55.8 Å². The minimum absolute atomic E-state index is 0.0557. The molecule has 1 fully saturated rings. The first-order valence-corrected chi connectivity index (χ1v) is 11.9. The lowest BCUT2D eigenvalue weighted by Crippen LogP contribution is -2.51. The minimum Gasteiger partial charge on any atom is -0.495 e. The number of carbonyl (C=O) groups is 1. The number of piperazine rings is 1. The summed E-state index contributed by atoms with van der Waals surface area (Å²) in [5.74, 6) is 0.0553. The number of likely N-dealkylation sites (N-methyl/N-ethyl adjacent to an activating group) is 1. The van der Waals surface area contributed by atoms with Crippen LogP contribution in [0, 0.1) is 13.8 Å². The van der Waals surface area contributed by atoms with Crippen LogP contribution in [-0.4, -0.2) is 70.5 Å².